The van der Waals surface area contributed by atoms with E-state index in [9.17, 15) is 18.8 Å². The Hall–Kier alpha value is -3.63. The van der Waals surface area contributed by atoms with Gasteiger partial charge in [-0.05, 0) is 68.1 Å². The van der Waals surface area contributed by atoms with Crippen LogP contribution in [0.1, 0.15) is 52.7 Å². The molecule has 0 saturated carbocycles. The number of hydrogen-bond acceptors (Lipinski definition) is 6. The molecule has 2 saturated heterocycles. The zero-order valence-corrected chi connectivity index (χ0v) is 25.4. The lowest BCUT2D eigenvalue weighted by Gasteiger charge is -2.45. The van der Waals surface area contributed by atoms with Crippen LogP contribution in [0.15, 0.2) is 66.7 Å². The van der Waals surface area contributed by atoms with Crippen molar-refractivity contribution in [2.75, 3.05) is 25.0 Å². The minimum Gasteiger partial charge on any atom is -0.351 e. The predicted octanol–water partition coefficient (Wildman–Crippen LogP) is 4.78. The number of aryl methyl sites for hydroxylation is 1. The molecule has 3 aliphatic rings. The minimum atomic E-state index is -1.07. The van der Waals surface area contributed by atoms with E-state index in [1.54, 1.807) is 24.0 Å². The SMILES string of the molecule is Cc1cc(NC(=O)C2(NC3([C@@H]4Cc5ccccc5CN4C(=O)CCC(=O)c4ccccc4)CO3)CCNCC2)c(F)cc1Cl. The lowest BCUT2D eigenvalue weighted by atomic mass is 9.83. The molecule has 3 aromatic rings. The number of piperidine rings is 1. The van der Waals surface area contributed by atoms with Gasteiger partial charge in [0.15, 0.2) is 11.5 Å². The van der Waals surface area contributed by atoms with Crippen LogP contribution in [0.2, 0.25) is 5.02 Å². The van der Waals surface area contributed by atoms with Crippen molar-refractivity contribution >= 4 is 34.9 Å². The van der Waals surface area contributed by atoms with E-state index in [2.05, 4.69) is 22.0 Å². The fourth-order valence-corrected chi connectivity index (χ4v) is 6.57. The van der Waals surface area contributed by atoms with Crippen molar-refractivity contribution in [3.63, 3.8) is 0 Å². The quantitative estimate of drug-likeness (QED) is 0.236. The molecule has 3 aromatic carbocycles. The smallest absolute Gasteiger partial charge is 0.244 e. The van der Waals surface area contributed by atoms with Crippen LogP contribution < -0.4 is 16.0 Å². The van der Waals surface area contributed by atoms with Crippen LogP contribution in [-0.4, -0.2) is 59.5 Å². The highest BCUT2D eigenvalue weighted by atomic mass is 35.5. The Balaban J connectivity index is 1.26. The molecular weight excluding hydrogens is 583 g/mol. The molecule has 10 heteroatoms. The zero-order chi connectivity index (χ0) is 30.9. The molecule has 3 N–H and O–H groups in total. The molecule has 2 amide bonds. The molecule has 6 rings (SSSR count). The van der Waals surface area contributed by atoms with Gasteiger partial charge in [-0.15, -0.1) is 0 Å². The number of nitrogens with zero attached hydrogens (tertiary/aromatic N) is 1. The molecule has 1 unspecified atom stereocenters. The maximum atomic E-state index is 14.8. The third kappa shape index (κ3) is 6.15. The fourth-order valence-electron chi connectivity index (χ4n) is 6.42. The molecule has 2 atom stereocenters. The second-order valence-corrected chi connectivity index (χ2v) is 12.4. The Labute approximate surface area is 261 Å². The molecule has 0 aromatic heterocycles. The molecule has 2 fully saturated rings. The number of halogens is 2. The summed E-state index contributed by atoms with van der Waals surface area (Å²) in [6.45, 7) is 3.60. The largest absolute Gasteiger partial charge is 0.351 e. The minimum absolute atomic E-state index is 0.0627. The van der Waals surface area contributed by atoms with E-state index in [4.69, 9.17) is 16.3 Å². The van der Waals surface area contributed by atoms with Gasteiger partial charge in [0.25, 0.3) is 0 Å². The van der Waals surface area contributed by atoms with E-state index in [0.29, 0.717) is 56.6 Å². The summed E-state index contributed by atoms with van der Waals surface area (Å²) in [5.41, 5.74) is 1.40. The second kappa shape index (κ2) is 12.4. The van der Waals surface area contributed by atoms with Gasteiger partial charge in [-0.1, -0.05) is 66.2 Å². The summed E-state index contributed by atoms with van der Waals surface area (Å²) >= 11 is 6.09. The number of carbonyl (C=O) groups excluding carboxylic acids is 3. The molecule has 0 bridgehead atoms. The summed E-state index contributed by atoms with van der Waals surface area (Å²) in [5.74, 6) is -1.20. The average Bonchev–Trinajstić information content (AvgIpc) is 3.82. The Morgan fingerprint density at radius 2 is 1.70 bits per heavy atom. The number of benzene rings is 3. The first kappa shape index (κ1) is 30.4. The highest BCUT2D eigenvalue weighted by Crippen LogP contribution is 2.41. The Morgan fingerprint density at radius 3 is 2.41 bits per heavy atom. The van der Waals surface area contributed by atoms with Gasteiger partial charge in [-0.3, -0.25) is 19.7 Å². The standard InChI is InChI=1S/C34H36ClFN4O4/c1-22-17-28(27(36)19-26(22)35)38-32(43)33(13-15-37-16-14-33)39-34(21-44-34)30-18-24-9-5-6-10-25(24)20-40(30)31(42)12-11-29(41)23-7-3-2-4-8-23/h2-10,17,19,30,37,39H,11-16,18,20-21H2,1H3,(H,38,43)/t30-,34?/m0/s1. The highest BCUT2D eigenvalue weighted by molar-refractivity contribution is 6.31. The van der Waals surface area contributed by atoms with E-state index in [0.717, 1.165) is 11.1 Å². The van der Waals surface area contributed by atoms with E-state index < -0.39 is 23.1 Å². The summed E-state index contributed by atoms with van der Waals surface area (Å²) in [6, 6.07) is 19.3. The van der Waals surface area contributed by atoms with E-state index in [1.165, 1.54) is 12.1 Å². The normalized spacial score (nSPS) is 22.2. The number of Topliss-reactive ketones (excluding diaryl/α,β-unsaturated/α-hetero) is 1. The van der Waals surface area contributed by atoms with Gasteiger partial charge < -0.3 is 20.3 Å². The van der Waals surface area contributed by atoms with E-state index in [-0.39, 0.29) is 41.1 Å². The van der Waals surface area contributed by atoms with Crippen LogP contribution in [0.3, 0.4) is 0 Å². The number of epoxide rings is 1. The monoisotopic (exact) mass is 618 g/mol. The van der Waals surface area contributed by atoms with Crippen molar-refractivity contribution in [1.82, 2.24) is 15.5 Å². The number of fused-ring (bicyclic) bond motifs is 1. The van der Waals surface area contributed by atoms with Gasteiger partial charge in [0.05, 0.1) is 18.3 Å². The summed E-state index contributed by atoms with van der Waals surface area (Å²) in [5, 5.41) is 9.97. The van der Waals surface area contributed by atoms with Crippen LogP contribution in [0.5, 0.6) is 0 Å². The number of amides is 2. The van der Waals surface area contributed by atoms with Crippen LogP contribution in [-0.2, 0) is 27.3 Å². The summed E-state index contributed by atoms with van der Waals surface area (Å²) in [7, 11) is 0. The van der Waals surface area contributed by atoms with Gasteiger partial charge >= 0.3 is 0 Å². The first-order chi connectivity index (χ1) is 21.2. The number of anilines is 1. The van der Waals surface area contributed by atoms with Gasteiger partial charge in [0.2, 0.25) is 11.8 Å². The Bertz CT molecular complexity index is 1570. The van der Waals surface area contributed by atoms with Crippen molar-refractivity contribution < 1.29 is 23.5 Å². The molecule has 3 aliphatic heterocycles. The topological polar surface area (TPSA) is 103 Å². The number of ketones is 1. The Kier molecular flexibility index (Phi) is 8.57. The van der Waals surface area contributed by atoms with Crippen molar-refractivity contribution in [1.29, 1.82) is 0 Å². The molecule has 0 aliphatic carbocycles. The average molecular weight is 619 g/mol. The summed E-state index contributed by atoms with van der Waals surface area (Å²) in [6.07, 6.45) is 1.58. The number of rotatable bonds is 9. The molecule has 8 nitrogen and oxygen atoms in total. The van der Waals surface area contributed by atoms with Crippen LogP contribution >= 0.6 is 11.6 Å². The van der Waals surface area contributed by atoms with Gasteiger partial charge in [-0.2, -0.15) is 0 Å². The third-order valence-corrected chi connectivity index (χ3v) is 9.47. The first-order valence-electron chi connectivity index (χ1n) is 15.1. The zero-order valence-electron chi connectivity index (χ0n) is 24.6. The van der Waals surface area contributed by atoms with E-state index in [1.807, 2.05) is 36.4 Å². The maximum Gasteiger partial charge on any atom is 0.244 e. The number of carbonyl (C=O) groups is 3. The van der Waals surface area contributed by atoms with Crippen LogP contribution in [0, 0.1) is 12.7 Å². The molecule has 0 radical (unpaired) electrons. The maximum absolute atomic E-state index is 14.8. The molecular formula is C34H36ClFN4O4. The number of ether oxygens (including phenoxy) is 1. The molecule has 44 heavy (non-hydrogen) atoms. The van der Waals surface area contributed by atoms with Crippen LogP contribution in [0.4, 0.5) is 10.1 Å². The lowest BCUT2D eigenvalue weighted by molar-refractivity contribution is -0.137. The fraction of sp³-hybridized carbons (Fsp3) is 0.382. The van der Waals surface area contributed by atoms with Gasteiger partial charge in [0, 0.05) is 30.0 Å². The second-order valence-electron chi connectivity index (χ2n) is 12.0. The van der Waals surface area contributed by atoms with Gasteiger partial charge in [-0.25, -0.2) is 4.39 Å². The van der Waals surface area contributed by atoms with Crippen molar-refractivity contribution in [2.24, 2.45) is 0 Å². The lowest BCUT2D eigenvalue weighted by Crippen LogP contribution is -2.68. The molecule has 0 spiro atoms. The third-order valence-electron chi connectivity index (χ3n) is 9.06. The van der Waals surface area contributed by atoms with Crippen molar-refractivity contribution in [3.8, 4) is 0 Å². The van der Waals surface area contributed by atoms with Gasteiger partial charge in [0.1, 0.15) is 11.4 Å². The molecule has 230 valence electrons. The first-order valence-corrected chi connectivity index (χ1v) is 15.4. The predicted molar refractivity (Wildman–Crippen MR) is 166 cm³/mol. The molecule has 3 heterocycles. The summed E-state index contributed by atoms with van der Waals surface area (Å²) in [4.78, 5) is 42.4. The van der Waals surface area contributed by atoms with E-state index >= 15 is 0 Å². The van der Waals surface area contributed by atoms with Crippen LogP contribution in [0.25, 0.3) is 0 Å². The number of hydrogen-bond donors (Lipinski definition) is 3. The van der Waals surface area contributed by atoms with Crippen molar-refractivity contribution in [3.05, 3.63) is 99.8 Å². The summed E-state index contributed by atoms with van der Waals surface area (Å²) < 4.78 is 21.0. The highest BCUT2D eigenvalue weighted by Gasteiger charge is 2.60. The Morgan fingerprint density at radius 1 is 1.02 bits per heavy atom. The number of nitrogens with one attached hydrogen (secondary N) is 3. The van der Waals surface area contributed by atoms with Crippen molar-refractivity contribution in [2.45, 2.75) is 62.9 Å².